The SMILES string of the molecule is COc1cccc(CNC(=O)Cc2csc(NC(=O)c3ccc[nH]c3=O)n2)c1. The summed E-state index contributed by atoms with van der Waals surface area (Å²) >= 11 is 1.19. The van der Waals surface area contributed by atoms with Gasteiger partial charge >= 0.3 is 0 Å². The van der Waals surface area contributed by atoms with Crippen LogP contribution < -0.4 is 20.9 Å². The zero-order chi connectivity index (χ0) is 19.9. The summed E-state index contributed by atoms with van der Waals surface area (Å²) in [6.07, 6.45) is 1.53. The number of aromatic amines is 1. The summed E-state index contributed by atoms with van der Waals surface area (Å²) in [7, 11) is 1.59. The Hall–Kier alpha value is -3.46. The highest BCUT2D eigenvalue weighted by Gasteiger charge is 2.13. The van der Waals surface area contributed by atoms with Crippen LogP contribution in [0.1, 0.15) is 21.6 Å². The number of hydrogen-bond donors (Lipinski definition) is 3. The van der Waals surface area contributed by atoms with Crippen LogP contribution in [0.4, 0.5) is 5.13 Å². The van der Waals surface area contributed by atoms with E-state index in [1.165, 1.54) is 23.6 Å². The molecule has 0 atom stereocenters. The molecular weight excluding hydrogens is 380 g/mol. The third kappa shape index (κ3) is 5.04. The second-order valence-corrected chi connectivity index (χ2v) is 6.67. The van der Waals surface area contributed by atoms with E-state index >= 15 is 0 Å². The lowest BCUT2D eigenvalue weighted by atomic mass is 10.2. The van der Waals surface area contributed by atoms with Gasteiger partial charge in [0.25, 0.3) is 11.5 Å². The topological polar surface area (TPSA) is 113 Å². The van der Waals surface area contributed by atoms with E-state index in [1.54, 1.807) is 18.6 Å². The smallest absolute Gasteiger partial charge is 0.263 e. The highest BCUT2D eigenvalue weighted by Crippen LogP contribution is 2.17. The highest BCUT2D eigenvalue weighted by atomic mass is 32.1. The maximum absolute atomic E-state index is 12.1. The molecule has 0 bridgehead atoms. The third-order valence-electron chi connectivity index (χ3n) is 3.80. The molecule has 0 spiro atoms. The fourth-order valence-electron chi connectivity index (χ4n) is 2.42. The Kier molecular flexibility index (Phi) is 6.18. The van der Waals surface area contributed by atoms with Crippen molar-refractivity contribution in [2.45, 2.75) is 13.0 Å². The number of nitrogens with zero attached hydrogens (tertiary/aromatic N) is 1. The zero-order valence-corrected chi connectivity index (χ0v) is 15.8. The molecule has 2 amide bonds. The summed E-state index contributed by atoms with van der Waals surface area (Å²) in [5.41, 5.74) is 0.974. The van der Waals surface area contributed by atoms with Gasteiger partial charge in [0.2, 0.25) is 5.91 Å². The van der Waals surface area contributed by atoms with E-state index in [-0.39, 0.29) is 17.9 Å². The molecule has 8 nitrogen and oxygen atoms in total. The molecule has 3 rings (SSSR count). The number of ether oxygens (including phenoxy) is 1. The molecule has 1 aromatic carbocycles. The summed E-state index contributed by atoms with van der Waals surface area (Å²) in [4.78, 5) is 42.5. The molecule has 2 aromatic heterocycles. The number of thiazole rings is 1. The molecule has 0 radical (unpaired) electrons. The molecule has 0 unspecified atom stereocenters. The number of nitrogens with one attached hydrogen (secondary N) is 3. The Morgan fingerprint density at radius 2 is 2.11 bits per heavy atom. The van der Waals surface area contributed by atoms with E-state index in [4.69, 9.17) is 4.74 Å². The van der Waals surface area contributed by atoms with Gasteiger partial charge in [-0.2, -0.15) is 0 Å². The van der Waals surface area contributed by atoms with Crippen molar-refractivity contribution in [3.63, 3.8) is 0 Å². The summed E-state index contributed by atoms with van der Waals surface area (Å²) in [5, 5.41) is 7.40. The number of H-pyrrole nitrogens is 1. The van der Waals surface area contributed by atoms with Gasteiger partial charge in [0.1, 0.15) is 11.3 Å². The molecule has 0 saturated heterocycles. The quantitative estimate of drug-likeness (QED) is 0.563. The summed E-state index contributed by atoms with van der Waals surface area (Å²) in [6.45, 7) is 0.376. The lowest BCUT2D eigenvalue weighted by Gasteiger charge is -2.06. The number of carbonyl (C=O) groups excluding carboxylic acids is 2. The van der Waals surface area contributed by atoms with Gasteiger partial charge in [-0.25, -0.2) is 4.98 Å². The summed E-state index contributed by atoms with van der Waals surface area (Å²) in [6, 6.07) is 10.4. The number of aromatic nitrogens is 2. The number of rotatable bonds is 7. The Balaban J connectivity index is 1.54. The predicted molar refractivity (Wildman–Crippen MR) is 106 cm³/mol. The van der Waals surface area contributed by atoms with Gasteiger partial charge in [0, 0.05) is 18.1 Å². The van der Waals surface area contributed by atoms with Crippen LogP contribution in [-0.2, 0) is 17.8 Å². The lowest BCUT2D eigenvalue weighted by Crippen LogP contribution is -2.24. The van der Waals surface area contributed by atoms with Crippen molar-refractivity contribution < 1.29 is 14.3 Å². The van der Waals surface area contributed by atoms with Crippen molar-refractivity contribution in [2.24, 2.45) is 0 Å². The largest absolute Gasteiger partial charge is 0.497 e. The number of hydrogen-bond acceptors (Lipinski definition) is 6. The first-order chi connectivity index (χ1) is 13.5. The summed E-state index contributed by atoms with van der Waals surface area (Å²) < 4.78 is 5.15. The van der Waals surface area contributed by atoms with Gasteiger partial charge in [-0.1, -0.05) is 12.1 Å². The van der Waals surface area contributed by atoms with Crippen molar-refractivity contribution >= 4 is 28.3 Å². The first kappa shape index (κ1) is 19.3. The van der Waals surface area contributed by atoms with Crippen LogP contribution in [0.2, 0.25) is 0 Å². The minimum Gasteiger partial charge on any atom is -0.497 e. The number of methoxy groups -OCH3 is 1. The van der Waals surface area contributed by atoms with Crippen LogP contribution in [0.25, 0.3) is 0 Å². The number of anilines is 1. The molecule has 0 saturated carbocycles. The van der Waals surface area contributed by atoms with Gasteiger partial charge in [0.05, 0.1) is 19.2 Å². The predicted octanol–water partition coefficient (Wildman–Crippen LogP) is 1.95. The minimum absolute atomic E-state index is 0.00437. The highest BCUT2D eigenvalue weighted by molar-refractivity contribution is 7.14. The molecule has 144 valence electrons. The third-order valence-corrected chi connectivity index (χ3v) is 4.61. The van der Waals surface area contributed by atoms with Crippen molar-refractivity contribution in [1.82, 2.24) is 15.3 Å². The van der Waals surface area contributed by atoms with Crippen LogP contribution >= 0.6 is 11.3 Å². The van der Waals surface area contributed by atoms with Gasteiger partial charge in [-0.15, -0.1) is 11.3 Å². The van der Waals surface area contributed by atoms with Gasteiger partial charge in [-0.3, -0.25) is 19.7 Å². The van der Waals surface area contributed by atoms with Crippen LogP contribution in [0.5, 0.6) is 5.75 Å². The molecule has 0 fully saturated rings. The lowest BCUT2D eigenvalue weighted by molar-refractivity contribution is -0.120. The van der Waals surface area contributed by atoms with Crippen LogP contribution in [0.3, 0.4) is 0 Å². The minimum atomic E-state index is -0.551. The first-order valence-electron chi connectivity index (χ1n) is 8.38. The molecule has 3 N–H and O–H groups in total. The van der Waals surface area contributed by atoms with Crippen molar-refractivity contribution in [1.29, 1.82) is 0 Å². The molecule has 0 aliphatic carbocycles. The molecule has 0 aliphatic heterocycles. The van der Waals surface area contributed by atoms with Gasteiger partial charge in [0.15, 0.2) is 5.13 Å². The Labute approximate surface area is 164 Å². The standard InChI is InChI=1S/C19H18N4O4S/c1-27-14-5-2-4-12(8-14)10-21-16(24)9-13-11-28-19(22-13)23-18(26)15-6-3-7-20-17(15)25/h2-8,11H,9-10H2,1H3,(H,20,25)(H,21,24)(H,22,23,26). The first-order valence-corrected chi connectivity index (χ1v) is 9.26. The second kappa shape index (κ2) is 8.96. The molecule has 0 aliphatic rings. The maximum Gasteiger partial charge on any atom is 0.263 e. The normalized spacial score (nSPS) is 10.3. The van der Waals surface area contributed by atoms with E-state index in [9.17, 15) is 14.4 Å². The Morgan fingerprint density at radius 3 is 2.89 bits per heavy atom. The van der Waals surface area contributed by atoms with E-state index < -0.39 is 11.5 Å². The number of carbonyl (C=O) groups is 2. The Morgan fingerprint density at radius 1 is 1.25 bits per heavy atom. The fourth-order valence-corrected chi connectivity index (χ4v) is 3.13. The average molecular weight is 398 g/mol. The van der Waals surface area contributed by atoms with Crippen molar-refractivity contribution in [3.05, 3.63) is 75.1 Å². The molecule has 2 heterocycles. The average Bonchev–Trinajstić information content (AvgIpc) is 3.13. The van der Waals surface area contributed by atoms with Crippen molar-refractivity contribution in [3.8, 4) is 5.75 Å². The molecule has 9 heteroatoms. The van der Waals surface area contributed by atoms with E-state index in [0.29, 0.717) is 17.4 Å². The molecular formula is C19H18N4O4S. The van der Waals surface area contributed by atoms with Gasteiger partial charge < -0.3 is 15.0 Å². The number of amides is 2. The van der Waals surface area contributed by atoms with E-state index in [2.05, 4.69) is 20.6 Å². The van der Waals surface area contributed by atoms with E-state index in [1.807, 2.05) is 24.3 Å². The van der Waals surface area contributed by atoms with Crippen molar-refractivity contribution in [2.75, 3.05) is 12.4 Å². The monoisotopic (exact) mass is 398 g/mol. The zero-order valence-electron chi connectivity index (χ0n) is 15.0. The number of benzene rings is 1. The fraction of sp³-hybridized carbons (Fsp3) is 0.158. The maximum atomic E-state index is 12.1. The molecule has 28 heavy (non-hydrogen) atoms. The second-order valence-electron chi connectivity index (χ2n) is 5.82. The van der Waals surface area contributed by atoms with Gasteiger partial charge in [-0.05, 0) is 29.8 Å². The van der Waals surface area contributed by atoms with Crippen LogP contribution in [0, 0.1) is 0 Å². The Bertz CT molecular complexity index is 1040. The summed E-state index contributed by atoms with van der Waals surface area (Å²) in [5.74, 6) is -0.0142. The van der Waals surface area contributed by atoms with Crippen LogP contribution in [-0.4, -0.2) is 28.9 Å². The van der Waals surface area contributed by atoms with Crippen LogP contribution in [0.15, 0.2) is 52.8 Å². The van der Waals surface area contributed by atoms with E-state index in [0.717, 1.165) is 11.3 Å². The molecule has 3 aromatic rings. The number of pyridine rings is 1.